The number of thiophene rings is 1. The molecule has 1 saturated heterocycles. The monoisotopic (exact) mass is 357 g/mol. The van der Waals surface area contributed by atoms with E-state index in [1.165, 1.54) is 11.3 Å². The van der Waals surface area contributed by atoms with Crippen LogP contribution in [-0.2, 0) is 11.3 Å². The van der Waals surface area contributed by atoms with E-state index in [4.69, 9.17) is 0 Å². The molecule has 7 heteroatoms. The molecule has 0 unspecified atom stereocenters. The number of amides is 2. The zero-order valence-electron chi connectivity index (χ0n) is 13.9. The molecule has 4 rings (SSSR count). The summed E-state index contributed by atoms with van der Waals surface area (Å²) in [6.07, 6.45) is 1.00. The summed E-state index contributed by atoms with van der Waals surface area (Å²) in [4.78, 5) is 39.2. The molecule has 2 bridgehead atoms. The molecular formula is C18H19N3O3S. The van der Waals surface area contributed by atoms with E-state index in [2.05, 4.69) is 5.32 Å². The van der Waals surface area contributed by atoms with Gasteiger partial charge in [-0.1, -0.05) is 6.07 Å². The van der Waals surface area contributed by atoms with Crippen LogP contribution < -0.4 is 10.9 Å². The summed E-state index contributed by atoms with van der Waals surface area (Å²) in [6.45, 7) is 3.55. The van der Waals surface area contributed by atoms with E-state index in [1.807, 2.05) is 16.3 Å². The van der Waals surface area contributed by atoms with Gasteiger partial charge in [0.1, 0.15) is 5.69 Å². The summed E-state index contributed by atoms with van der Waals surface area (Å²) >= 11 is 1.34. The molecule has 2 aliphatic heterocycles. The second kappa shape index (κ2) is 6.15. The Labute approximate surface area is 149 Å². The number of hydrogen-bond donors (Lipinski definition) is 1. The minimum absolute atomic E-state index is 0.0883. The van der Waals surface area contributed by atoms with Crippen molar-refractivity contribution in [3.05, 3.63) is 50.6 Å². The van der Waals surface area contributed by atoms with Crippen LogP contribution in [0.4, 0.5) is 5.69 Å². The lowest BCUT2D eigenvalue weighted by molar-refractivity contribution is -0.131. The predicted molar refractivity (Wildman–Crippen MR) is 96.1 cm³/mol. The Hall–Kier alpha value is -2.41. The Balaban J connectivity index is 1.63. The van der Waals surface area contributed by atoms with Crippen molar-refractivity contribution in [2.75, 3.05) is 18.4 Å². The number of anilines is 1. The lowest BCUT2D eigenvalue weighted by Crippen LogP contribution is -2.48. The number of likely N-dealkylation sites (tertiary alicyclic amines) is 1. The second-order valence-corrected chi connectivity index (χ2v) is 7.69. The Morgan fingerprint density at radius 1 is 1.20 bits per heavy atom. The molecule has 1 fully saturated rings. The van der Waals surface area contributed by atoms with Gasteiger partial charge in [-0.05, 0) is 35.9 Å². The molecule has 0 saturated carbocycles. The van der Waals surface area contributed by atoms with Gasteiger partial charge >= 0.3 is 0 Å². The highest BCUT2D eigenvalue weighted by molar-refractivity contribution is 7.12. The summed E-state index contributed by atoms with van der Waals surface area (Å²) in [6, 6.07) is 7.14. The zero-order valence-corrected chi connectivity index (χ0v) is 14.7. The Morgan fingerprint density at radius 3 is 2.76 bits per heavy atom. The number of rotatable bonds is 2. The molecule has 0 radical (unpaired) electrons. The predicted octanol–water partition coefficient (Wildman–Crippen LogP) is 2.13. The first-order valence-electron chi connectivity index (χ1n) is 8.37. The van der Waals surface area contributed by atoms with E-state index < -0.39 is 0 Å². The molecule has 130 valence electrons. The number of nitrogens with one attached hydrogen (secondary N) is 1. The molecule has 0 spiro atoms. The van der Waals surface area contributed by atoms with Gasteiger partial charge < -0.3 is 14.8 Å². The fourth-order valence-electron chi connectivity index (χ4n) is 3.89. The molecule has 25 heavy (non-hydrogen) atoms. The molecule has 2 aromatic rings. The zero-order chi connectivity index (χ0) is 17.6. The van der Waals surface area contributed by atoms with Gasteiger partial charge in [0, 0.05) is 38.2 Å². The Bertz CT molecular complexity index is 887. The van der Waals surface area contributed by atoms with E-state index >= 15 is 0 Å². The van der Waals surface area contributed by atoms with E-state index in [0.717, 1.165) is 12.1 Å². The molecule has 1 N–H and O–H groups in total. The maximum Gasteiger partial charge on any atom is 0.274 e. The lowest BCUT2D eigenvalue weighted by atomic mass is 9.83. The molecule has 0 aliphatic carbocycles. The number of pyridine rings is 1. The highest BCUT2D eigenvalue weighted by Crippen LogP contribution is 2.35. The van der Waals surface area contributed by atoms with Crippen LogP contribution in [0.1, 0.15) is 34.6 Å². The molecule has 2 atom stereocenters. The van der Waals surface area contributed by atoms with E-state index in [9.17, 15) is 14.4 Å². The maximum absolute atomic E-state index is 12.8. The van der Waals surface area contributed by atoms with Crippen LogP contribution in [-0.4, -0.2) is 34.4 Å². The third-order valence-corrected chi connectivity index (χ3v) is 5.91. The fourth-order valence-corrected chi connectivity index (χ4v) is 4.51. The first kappa shape index (κ1) is 16.1. The summed E-state index contributed by atoms with van der Waals surface area (Å²) in [7, 11) is 0. The molecule has 2 amide bonds. The van der Waals surface area contributed by atoms with Gasteiger partial charge in [-0.3, -0.25) is 14.4 Å². The molecule has 4 heterocycles. The van der Waals surface area contributed by atoms with Crippen LogP contribution in [0.25, 0.3) is 0 Å². The smallest absolute Gasteiger partial charge is 0.274 e. The number of hydrogen-bond acceptors (Lipinski definition) is 4. The number of piperidine rings is 1. The van der Waals surface area contributed by atoms with Crippen LogP contribution >= 0.6 is 11.3 Å². The van der Waals surface area contributed by atoms with Crippen molar-refractivity contribution < 1.29 is 9.59 Å². The summed E-state index contributed by atoms with van der Waals surface area (Å²) in [5.41, 5.74) is 1.11. The third-order valence-electron chi connectivity index (χ3n) is 5.04. The fraction of sp³-hybridized carbons (Fsp3) is 0.389. The van der Waals surface area contributed by atoms with E-state index in [1.54, 1.807) is 29.7 Å². The third kappa shape index (κ3) is 2.89. The van der Waals surface area contributed by atoms with Gasteiger partial charge in [-0.2, -0.15) is 0 Å². The molecule has 2 aromatic heterocycles. The van der Waals surface area contributed by atoms with Gasteiger partial charge in [-0.15, -0.1) is 11.3 Å². The second-order valence-electron chi connectivity index (χ2n) is 6.74. The topological polar surface area (TPSA) is 71.4 Å². The van der Waals surface area contributed by atoms with E-state index in [0.29, 0.717) is 30.2 Å². The molecule has 0 aromatic carbocycles. The minimum Gasteiger partial charge on any atom is -0.342 e. The number of nitrogens with zero attached hydrogens (tertiary/aromatic N) is 2. The highest BCUT2D eigenvalue weighted by Gasteiger charge is 2.35. The highest BCUT2D eigenvalue weighted by atomic mass is 32.1. The number of aromatic nitrogens is 1. The first-order chi connectivity index (χ1) is 12.0. The van der Waals surface area contributed by atoms with Crippen molar-refractivity contribution >= 4 is 28.8 Å². The molecule has 2 aliphatic rings. The summed E-state index contributed by atoms with van der Waals surface area (Å²) < 4.78 is 1.78. The maximum atomic E-state index is 12.8. The van der Waals surface area contributed by atoms with Gasteiger partial charge in [-0.25, -0.2) is 0 Å². The quantitative estimate of drug-likeness (QED) is 0.895. The standard InChI is InChI=1S/C18H19N3O3S/c1-11(22)20-8-12-7-13(10-20)15-5-4-14(18(24)21(15)9-12)19-17(23)16-3-2-6-25-16/h2-6,12-13H,7-10H2,1H3,(H,19,23)/t12-,13+/m0/s1. The molecular weight excluding hydrogens is 338 g/mol. The number of carbonyl (C=O) groups is 2. The summed E-state index contributed by atoms with van der Waals surface area (Å²) in [5.74, 6) is 0.305. The van der Waals surface area contributed by atoms with Crippen molar-refractivity contribution in [1.29, 1.82) is 0 Å². The van der Waals surface area contributed by atoms with Crippen LogP contribution in [0.15, 0.2) is 34.4 Å². The van der Waals surface area contributed by atoms with Crippen molar-refractivity contribution in [1.82, 2.24) is 9.47 Å². The van der Waals surface area contributed by atoms with Gasteiger partial charge in [0.2, 0.25) is 5.91 Å². The molecule has 6 nitrogen and oxygen atoms in total. The summed E-state index contributed by atoms with van der Waals surface area (Å²) in [5, 5.41) is 4.56. The SMILES string of the molecule is CC(=O)N1C[C@@H]2C[C@H](C1)c1ccc(NC(=O)c3cccs3)c(=O)n1C2. The minimum atomic E-state index is -0.258. The van der Waals surface area contributed by atoms with Crippen molar-refractivity contribution in [3.8, 4) is 0 Å². The lowest BCUT2D eigenvalue weighted by Gasteiger charge is -2.42. The average Bonchev–Trinajstić information content (AvgIpc) is 3.12. The average molecular weight is 357 g/mol. The van der Waals surface area contributed by atoms with Crippen LogP contribution in [0, 0.1) is 5.92 Å². The van der Waals surface area contributed by atoms with Crippen LogP contribution in [0.3, 0.4) is 0 Å². The largest absolute Gasteiger partial charge is 0.342 e. The van der Waals surface area contributed by atoms with Crippen LogP contribution in [0.5, 0.6) is 0 Å². The normalized spacial score (nSPS) is 21.6. The van der Waals surface area contributed by atoms with E-state index in [-0.39, 0.29) is 29.2 Å². The number of carbonyl (C=O) groups excluding carboxylic acids is 2. The van der Waals surface area contributed by atoms with Crippen LogP contribution in [0.2, 0.25) is 0 Å². The number of fused-ring (bicyclic) bond motifs is 4. The first-order valence-corrected chi connectivity index (χ1v) is 9.25. The Kier molecular flexibility index (Phi) is 3.95. The van der Waals surface area contributed by atoms with Crippen molar-refractivity contribution in [2.45, 2.75) is 25.8 Å². The Morgan fingerprint density at radius 2 is 2.04 bits per heavy atom. The van der Waals surface area contributed by atoms with Gasteiger partial charge in [0.25, 0.3) is 11.5 Å². The van der Waals surface area contributed by atoms with Gasteiger partial charge in [0.05, 0.1) is 4.88 Å². The van der Waals surface area contributed by atoms with Gasteiger partial charge in [0.15, 0.2) is 0 Å². The van der Waals surface area contributed by atoms with Crippen molar-refractivity contribution in [3.63, 3.8) is 0 Å². The van der Waals surface area contributed by atoms with Crippen molar-refractivity contribution in [2.24, 2.45) is 5.92 Å².